The summed E-state index contributed by atoms with van der Waals surface area (Å²) in [4.78, 5) is 28.2. The molecule has 28 heavy (non-hydrogen) atoms. The van der Waals surface area contributed by atoms with Gasteiger partial charge in [0.25, 0.3) is 0 Å². The molecule has 1 radical (unpaired) electrons. The second-order valence-corrected chi connectivity index (χ2v) is 2.25. The van der Waals surface area contributed by atoms with Crippen molar-refractivity contribution >= 4 is 17.9 Å². The fraction of sp³-hybridized carbons (Fsp3) is 0.792. The van der Waals surface area contributed by atoms with E-state index in [4.69, 9.17) is 4.79 Å². The molecule has 0 aliphatic heterocycles. The number of aldehydes is 1. The number of ketones is 2. The molecule has 0 saturated heterocycles. The summed E-state index contributed by atoms with van der Waals surface area (Å²) >= 11 is 0. The van der Waals surface area contributed by atoms with Gasteiger partial charge in [0.15, 0.2) is 5.78 Å². The van der Waals surface area contributed by atoms with Crippen LogP contribution in [-0.4, -0.2) is 17.9 Å². The summed E-state index contributed by atoms with van der Waals surface area (Å²) in [6.07, 6.45) is 4.00. The van der Waals surface area contributed by atoms with Gasteiger partial charge in [-0.15, -0.1) is 0 Å². The minimum atomic E-state index is 0. The maximum Gasteiger partial charge on any atom is 0.152 e. The topological polar surface area (TPSA) is 51.2 Å². The van der Waals surface area contributed by atoms with Crippen molar-refractivity contribution in [2.75, 3.05) is 0 Å². The van der Waals surface area contributed by atoms with Gasteiger partial charge in [0.1, 0.15) is 12.1 Å². The molecule has 0 amide bonds. The Labute approximate surface area is 197 Å². The zero-order valence-corrected chi connectivity index (χ0v) is 18.8. The second-order valence-electron chi connectivity index (χ2n) is 2.25. The Balaban J connectivity index is -0.00000000684. The van der Waals surface area contributed by atoms with E-state index in [1.54, 1.807) is 6.08 Å². The van der Waals surface area contributed by atoms with Gasteiger partial charge in [-0.1, -0.05) is 106 Å². The van der Waals surface area contributed by atoms with Crippen LogP contribution in [0.5, 0.6) is 0 Å². The average Bonchev–Trinajstić information content (AvgIpc) is 2.47. The van der Waals surface area contributed by atoms with Gasteiger partial charge < -0.3 is 9.59 Å². The molecule has 0 spiro atoms. The van der Waals surface area contributed by atoms with Gasteiger partial charge in [-0.2, -0.15) is 0 Å². The molecule has 0 bridgehead atoms. The zero-order chi connectivity index (χ0) is 19.3. The predicted octanol–water partition coefficient (Wildman–Crippen LogP) is 9.87. The van der Waals surface area contributed by atoms with E-state index >= 15 is 0 Å². The van der Waals surface area contributed by atoms with E-state index in [0.717, 1.165) is 6.29 Å². The van der Waals surface area contributed by atoms with Crippen molar-refractivity contribution in [1.82, 2.24) is 0 Å². The average molecular weight is 454 g/mol. The monoisotopic (exact) mass is 453 g/mol. The maximum absolute atomic E-state index is 9.96. The number of allylic oxidation sites excluding steroid dienone is 2. The largest absolute Gasteiger partial charge is 0.304 e. The van der Waals surface area contributed by atoms with Crippen LogP contribution in [0.2, 0.25) is 0 Å². The standard InChI is InChI=1S/C5H8O.C3H6O.C2H4O.4C2H6.6CH4.V/c1-3-4-5(2)6;1-3(2)4;1-2-3;4*1-2;;;;;;;/h3-4H,1-2H3;1-2H3;2H,1H3;4*1-2H3;6*1H4;/b4-3+;;;;;;;;;;;;;. The third-order valence-corrected chi connectivity index (χ3v) is 0.401. The van der Waals surface area contributed by atoms with E-state index in [2.05, 4.69) is 0 Å². The maximum atomic E-state index is 9.96. The first-order chi connectivity index (χ1) is 9.92. The first-order valence-electron chi connectivity index (χ1n) is 7.92. The van der Waals surface area contributed by atoms with Gasteiger partial charge in [0.05, 0.1) is 0 Å². The summed E-state index contributed by atoms with van der Waals surface area (Å²) in [7, 11) is 0. The Kier molecular flexibility index (Phi) is 927. The van der Waals surface area contributed by atoms with Crippen LogP contribution in [0.3, 0.4) is 0 Å². The zero-order valence-electron chi connectivity index (χ0n) is 17.4. The summed E-state index contributed by atoms with van der Waals surface area (Å²) in [5.41, 5.74) is 0. The van der Waals surface area contributed by atoms with Crippen molar-refractivity contribution in [1.29, 1.82) is 0 Å². The van der Waals surface area contributed by atoms with Crippen molar-refractivity contribution < 1.29 is 32.9 Å². The Morgan fingerprint density at radius 1 is 0.571 bits per heavy atom. The van der Waals surface area contributed by atoms with Crippen molar-refractivity contribution in [3.8, 4) is 0 Å². The van der Waals surface area contributed by atoms with E-state index in [9.17, 15) is 9.59 Å². The van der Waals surface area contributed by atoms with E-state index < -0.39 is 0 Å². The SMILES string of the molecule is C.C.C.C.C.C.C/C=C/C(C)=O.CC.CC.CC.CC.CC(C)=O.CC=O.[V]. The Morgan fingerprint density at radius 2 is 0.679 bits per heavy atom. The van der Waals surface area contributed by atoms with Crippen LogP contribution in [0.1, 0.15) is 135 Å². The number of carbonyl (C=O) groups excluding carboxylic acids is 3. The molecule has 0 N–H and O–H groups in total. The quantitative estimate of drug-likeness (QED) is 0.293. The van der Waals surface area contributed by atoms with Crippen LogP contribution in [0.4, 0.5) is 0 Å². The molecule has 0 aromatic rings. The van der Waals surface area contributed by atoms with E-state index in [1.165, 1.54) is 33.8 Å². The van der Waals surface area contributed by atoms with Crippen LogP contribution in [0.15, 0.2) is 12.2 Å². The molecular formula is C24H66O3V. The molecule has 185 valence electrons. The molecule has 4 heteroatoms. The van der Waals surface area contributed by atoms with Crippen molar-refractivity contribution in [2.24, 2.45) is 0 Å². The van der Waals surface area contributed by atoms with Crippen molar-refractivity contribution in [2.45, 2.75) is 135 Å². The second kappa shape index (κ2) is 243. The van der Waals surface area contributed by atoms with E-state index in [0.29, 0.717) is 0 Å². The number of carbonyl (C=O) groups is 3. The predicted molar refractivity (Wildman–Crippen MR) is 139 cm³/mol. The van der Waals surface area contributed by atoms with Gasteiger partial charge in [-0.25, -0.2) is 0 Å². The minimum absolute atomic E-state index is 0. The smallest absolute Gasteiger partial charge is 0.152 e. The Bertz CT molecular complexity index is 175. The molecule has 0 atom stereocenters. The first-order valence-corrected chi connectivity index (χ1v) is 7.92. The first kappa shape index (κ1) is 107. The van der Waals surface area contributed by atoms with E-state index in [1.807, 2.05) is 62.3 Å². The molecule has 0 heterocycles. The molecule has 0 rings (SSSR count). The van der Waals surface area contributed by atoms with E-state index in [-0.39, 0.29) is 74.7 Å². The summed E-state index contributed by atoms with van der Waals surface area (Å²) in [5.74, 6) is 0.275. The van der Waals surface area contributed by atoms with Crippen LogP contribution in [-0.2, 0) is 32.9 Å². The fourth-order valence-electron chi connectivity index (χ4n) is 0.235. The normalized spacial score (nSPS) is 4.32. The number of hydrogen-bond acceptors (Lipinski definition) is 3. The molecule has 0 saturated carbocycles. The van der Waals surface area contributed by atoms with Gasteiger partial charge in [0.2, 0.25) is 0 Å². The summed E-state index contributed by atoms with van der Waals surface area (Å²) in [6.45, 7) is 23.8. The van der Waals surface area contributed by atoms with Crippen molar-refractivity contribution in [3.05, 3.63) is 12.2 Å². The molecular weight excluding hydrogens is 387 g/mol. The summed E-state index contributed by atoms with van der Waals surface area (Å²) in [6, 6.07) is 0. The molecule has 0 aromatic carbocycles. The van der Waals surface area contributed by atoms with Gasteiger partial charge in [0, 0.05) is 18.6 Å². The molecule has 0 aromatic heterocycles. The van der Waals surface area contributed by atoms with Crippen LogP contribution in [0.25, 0.3) is 0 Å². The molecule has 0 unspecified atom stereocenters. The summed E-state index contributed by atoms with van der Waals surface area (Å²) < 4.78 is 0. The third kappa shape index (κ3) is 2750. The van der Waals surface area contributed by atoms with Crippen LogP contribution < -0.4 is 0 Å². The molecule has 0 aliphatic carbocycles. The third-order valence-electron chi connectivity index (χ3n) is 0.401. The van der Waals surface area contributed by atoms with Gasteiger partial charge in [-0.3, -0.25) is 4.79 Å². The van der Waals surface area contributed by atoms with Crippen LogP contribution in [0, 0.1) is 0 Å². The molecule has 0 fully saturated rings. The minimum Gasteiger partial charge on any atom is -0.304 e. The number of Topliss-reactive ketones (excluding diaryl/α,β-unsaturated/α-hetero) is 1. The Hall–Kier alpha value is -0.666. The summed E-state index contributed by atoms with van der Waals surface area (Å²) in [5, 5.41) is 0. The molecule has 0 aliphatic rings. The number of rotatable bonds is 1. The number of hydrogen-bond donors (Lipinski definition) is 0. The van der Waals surface area contributed by atoms with Crippen molar-refractivity contribution in [3.63, 3.8) is 0 Å². The fourth-order valence-corrected chi connectivity index (χ4v) is 0.235. The van der Waals surface area contributed by atoms with Gasteiger partial charge >= 0.3 is 0 Å². The van der Waals surface area contributed by atoms with Crippen LogP contribution >= 0.6 is 0 Å². The Morgan fingerprint density at radius 3 is 0.679 bits per heavy atom. The van der Waals surface area contributed by atoms with Gasteiger partial charge in [-0.05, 0) is 40.7 Å². The molecule has 3 nitrogen and oxygen atoms in total.